The van der Waals surface area contributed by atoms with E-state index in [0.717, 1.165) is 43.6 Å². The second-order valence-electron chi connectivity index (χ2n) is 9.12. The molecule has 1 N–H and O–H groups in total. The van der Waals surface area contributed by atoms with E-state index < -0.39 is 27.3 Å². The van der Waals surface area contributed by atoms with Crippen molar-refractivity contribution in [3.8, 4) is 0 Å². The molecule has 2 aliphatic heterocycles. The van der Waals surface area contributed by atoms with Gasteiger partial charge in [0.25, 0.3) is 0 Å². The zero-order chi connectivity index (χ0) is 22.2. The van der Waals surface area contributed by atoms with Crippen molar-refractivity contribution in [1.82, 2.24) is 0 Å². The van der Waals surface area contributed by atoms with E-state index in [9.17, 15) is 17.9 Å². The molecule has 3 unspecified atom stereocenters. The van der Waals surface area contributed by atoms with Gasteiger partial charge in [-0.25, -0.2) is 12.8 Å². The molecular formula is C25H32FNO3S. The molecule has 0 saturated carbocycles. The van der Waals surface area contributed by atoms with Crippen molar-refractivity contribution < 1.29 is 17.9 Å². The van der Waals surface area contributed by atoms with E-state index in [1.165, 1.54) is 12.1 Å². The number of halogens is 1. The quantitative estimate of drug-likeness (QED) is 0.687. The Hall–Kier alpha value is -1.92. The highest BCUT2D eigenvalue weighted by Gasteiger charge is 2.49. The van der Waals surface area contributed by atoms with Crippen molar-refractivity contribution in [2.75, 3.05) is 23.7 Å². The van der Waals surface area contributed by atoms with Gasteiger partial charge in [0.2, 0.25) is 0 Å². The third kappa shape index (κ3) is 4.00. The summed E-state index contributed by atoms with van der Waals surface area (Å²) in [5.41, 5.74) is 1.62. The maximum absolute atomic E-state index is 13.7. The first-order chi connectivity index (χ1) is 14.8. The molecule has 0 spiro atoms. The first kappa shape index (κ1) is 22.3. The van der Waals surface area contributed by atoms with Crippen LogP contribution >= 0.6 is 0 Å². The van der Waals surface area contributed by atoms with Gasteiger partial charge in [0.1, 0.15) is 5.82 Å². The number of aliphatic hydroxyl groups excluding tert-OH is 1. The van der Waals surface area contributed by atoms with Gasteiger partial charge < -0.3 is 10.0 Å². The summed E-state index contributed by atoms with van der Waals surface area (Å²) in [5.74, 6) is -0.932. The molecule has 4 nitrogen and oxygen atoms in total. The van der Waals surface area contributed by atoms with Gasteiger partial charge in [-0.15, -0.1) is 0 Å². The largest absolute Gasteiger partial charge is 0.392 e. The number of rotatable bonds is 6. The Labute approximate surface area is 185 Å². The molecule has 0 amide bonds. The van der Waals surface area contributed by atoms with E-state index in [1.807, 2.05) is 19.1 Å². The van der Waals surface area contributed by atoms with E-state index >= 15 is 0 Å². The summed E-state index contributed by atoms with van der Waals surface area (Å²) in [7, 11) is -3.59. The number of anilines is 1. The molecule has 2 heterocycles. The molecule has 6 heteroatoms. The lowest BCUT2D eigenvalue weighted by molar-refractivity contribution is 0.0174. The average Bonchev–Trinajstić information content (AvgIpc) is 2.77. The molecule has 31 heavy (non-hydrogen) atoms. The van der Waals surface area contributed by atoms with E-state index in [-0.39, 0.29) is 11.6 Å². The average molecular weight is 446 g/mol. The summed E-state index contributed by atoms with van der Waals surface area (Å²) >= 11 is 0. The molecule has 0 aromatic heterocycles. The number of nitrogens with zero attached hydrogens (tertiary/aromatic N) is 1. The molecule has 168 valence electrons. The summed E-state index contributed by atoms with van der Waals surface area (Å²) < 4.78 is 40.9. The van der Waals surface area contributed by atoms with E-state index in [4.69, 9.17) is 0 Å². The Bertz CT molecular complexity index is 1030. The number of hydrogen-bond acceptors (Lipinski definition) is 4. The van der Waals surface area contributed by atoms with E-state index in [0.29, 0.717) is 23.3 Å². The summed E-state index contributed by atoms with van der Waals surface area (Å²) in [5, 5.41) is 11.8. The van der Waals surface area contributed by atoms with Crippen LogP contribution in [0.2, 0.25) is 0 Å². The number of unbranched alkanes of at least 4 members (excludes halogenated alkanes) is 1. The van der Waals surface area contributed by atoms with Crippen molar-refractivity contribution in [2.45, 2.75) is 62.9 Å². The van der Waals surface area contributed by atoms with Crippen molar-refractivity contribution >= 4 is 15.5 Å². The van der Waals surface area contributed by atoms with Gasteiger partial charge in [-0.2, -0.15) is 0 Å². The molecule has 2 aliphatic rings. The second kappa shape index (κ2) is 8.55. The monoisotopic (exact) mass is 445 g/mol. The fourth-order valence-corrected chi connectivity index (χ4v) is 7.42. The molecule has 4 rings (SSSR count). The van der Waals surface area contributed by atoms with Crippen LogP contribution in [-0.2, 0) is 9.84 Å². The van der Waals surface area contributed by atoms with Crippen molar-refractivity contribution in [3.05, 3.63) is 59.4 Å². The predicted molar refractivity (Wildman–Crippen MR) is 122 cm³/mol. The van der Waals surface area contributed by atoms with Gasteiger partial charge >= 0.3 is 0 Å². The summed E-state index contributed by atoms with van der Waals surface area (Å²) in [6.45, 7) is 5.94. The highest BCUT2D eigenvalue weighted by molar-refractivity contribution is 7.91. The Morgan fingerprint density at radius 2 is 1.84 bits per heavy atom. The third-order valence-corrected chi connectivity index (χ3v) is 9.26. The van der Waals surface area contributed by atoms with Crippen molar-refractivity contribution in [3.63, 3.8) is 0 Å². The number of fused-ring (bicyclic) bond motifs is 1. The van der Waals surface area contributed by atoms with Crippen LogP contribution in [0.3, 0.4) is 0 Å². The van der Waals surface area contributed by atoms with Crippen molar-refractivity contribution in [1.29, 1.82) is 0 Å². The lowest BCUT2D eigenvalue weighted by atomic mass is 9.69. The summed E-state index contributed by atoms with van der Waals surface area (Å²) in [6.07, 6.45) is 3.24. The molecular weight excluding hydrogens is 413 g/mol. The zero-order valence-corrected chi connectivity index (χ0v) is 19.2. The molecule has 0 aliphatic carbocycles. The number of benzene rings is 2. The van der Waals surface area contributed by atoms with Gasteiger partial charge in [0.05, 0.1) is 16.8 Å². The second-order valence-corrected chi connectivity index (χ2v) is 11.1. The molecule has 2 aromatic carbocycles. The maximum atomic E-state index is 13.7. The Kier molecular flexibility index (Phi) is 6.14. The molecule has 0 radical (unpaired) electrons. The SMILES string of the molecule is CCCCC1(CC)CS(=O)(=O)c2ccc(N3CCC3)cc2C(c2ccc(F)cc2)C1O. The van der Waals surface area contributed by atoms with Crippen molar-refractivity contribution in [2.24, 2.45) is 5.41 Å². The Morgan fingerprint density at radius 3 is 2.42 bits per heavy atom. The fraction of sp³-hybridized carbons (Fsp3) is 0.520. The van der Waals surface area contributed by atoms with E-state index in [2.05, 4.69) is 11.8 Å². The van der Waals surface area contributed by atoms with Gasteiger partial charge in [-0.05, 0) is 60.7 Å². The van der Waals surface area contributed by atoms with Crippen LogP contribution < -0.4 is 4.90 Å². The standard InChI is InChI=1S/C25H32FNO3S/c1-3-5-13-25(4-2)17-31(29,30)22-12-11-20(27-14-6-15-27)16-21(22)23(24(25)28)18-7-9-19(26)10-8-18/h7-12,16,23-24,28H,3-6,13-15,17H2,1-2H3. The maximum Gasteiger partial charge on any atom is 0.179 e. The molecule has 2 aromatic rings. The van der Waals surface area contributed by atoms with Gasteiger partial charge in [-0.1, -0.05) is 38.8 Å². The lowest BCUT2D eigenvalue weighted by Crippen LogP contribution is -2.42. The van der Waals surface area contributed by atoms with Gasteiger partial charge in [-0.3, -0.25) is 0 Å². The highest BCUT2D eigenvalue weighted by Crippen LogP contribution is 2.49. The van der Waals surface area contributed by atoms with Crippen LogP contribution in [0.1, 0.15) is 63.0 Å². The minimum absolute atomic E-state index is 0.0641. The normalized spacial score (nSPS) is 27.3. The lowest BCUT2D eigenvalue weighted by Gasteiger charge is -2.39. The van der Waals surface area contributed by atoms with Crippen LogP contribution in [0.15, 0.2) is 47.4 Å². The smallest absolute Gasteiger partial charge is 0.179 e. The number of aliphatic hydroxyl groups is 1. The number of sulfone groups is 1. The predicted octanol–water partition coefficient (Wildman–Crippen LogP) is 4.90. The minimum Gasteiger partial charge on any atom is -0.392 e. The minimum atomic E-state index is -3.59. The molecule has 0 bridgehead atoms. The molecule has 1 saturated heterocycles. The van der Waals surface area contributed by atoms with Crippen LogP contribution in [0, 0.1) is 11.2 Å². The Balaban J connectivity index is 1.93. The third-order valence-electron chi connectivity index (χ3n) is 7.27. The fourth-order valence-electron chi connectivity index (χ4n) is 5.17. The van der Waals surface area contributed by atoms with Gasteiger partial charge in [0, 0.05) is 30.1 Å². The van der Waals surface area contributed by atoms with Crippen LogP contribution in [-0.4, -0.2) is 38.5 Å². The first-order valence-corrected chi connectivity index (χ1v) is 13.0. The van der Waals surface area contributed by atoms with Crippen LogP contribution in [0.25, 0.3) is 0 Å². The molecule has 3 atom stereocenters. The first-order valence-electron chi connectivity index (χ1n) is 11.4. The topological polar surface area (TPSA) is 57.6 Å². The summed E-state index contributed by atoms with van der Waals surface area (Å²) in [4.78, 5) is 2.52. The van der Waals surface area contributed by atoms with E-state index in [1.54, 1.807) is 18.2 Å². The van der Waals surface area contributed by atoms with Gasteiger partial charge in [0.15, 0.2) is 9.84 Å². The zero-order valence-electron chi connectivity index (χ0n) is 18.4. The molecule has 1 fully saturated rings. The highest BCUT2D eigenvalue weighted by atomic mass is 32.2. The summed E-state index contributed by atoms with van der Waals surface area (Å²) in [6, 6.07) is 11.7. The Morgan fingerprint density at radius 1 is 1.13 bits per heavy atom. The number of hydrogen-bond donors (Lipinski definition) is 1. The van der Waals surface area contributed by atoms with Crippen LogP contribution in [0.4, 0.5) is 10.1 Å². The van der Waals surface area contributed by atoms with Crippen LogP contribution in [0.5, 0.6) is 0 Å².